The van der Waals surface area contributed by atoms with E-state index < -0.39 is 0 Å². The molecule has 32 heavy (non-hydrogen) atoms. The number of fused-ring (bicyclic) bond motifs is 1. The smallest absolute Gasteiger partial charge is 0.227 e. The van der Waals surface area contributed by atoms with E-state index in [4.69, 9.17) is 23.2 Å². The van der Waals surface area contributed by atoms with Gasteiger partial charge in [-0.2, -0.15) is 0 Å². The molecule has 3 heterocycles. The van der Waals surface area contributed by atoms with Crippen molar-refractivity contribution in [3.05, 3.63) is 70.5 Å². The van der Waals surface area contributed by atoms with Crippen molar-refractivity contribution in [2.75, 3.05) is 31.1 Å². The summed E-state index contributed by atoms with van der Waals surface area (Å²) in [6.45, 7) is 2.58. The fourth-order valence-electron chi connectivity index (χ4n) is 3.91. The van der Waals surface area contributed by atoms with E-state index in [1.165, 1.54) is 6.33 Å². The fourth-order valence-corrected chi connectivity index (χ4v) is 4.31. The molecule has 1 aliphatic rings. The van der Waals surface area contributed by atoms with E-state index in [2.05, 4.69) is 24.8 Å². The monoisotopic (exact) mass is 466 g/mol. The van der Waals surface area contributed by atoms with Gasteiger partial charge in [0.2, 0.25) is 5.91 Å². The van der Waals surface area contributed by atoms with E-state index in [9.17, 15) is 4.79 Å². The minimum absolute atomic E-state index is 0.0790. The molecule has 7 nitrogen and oxygen atoms in total. The first kappa shape index (κ1) is 20.7. The molecule has 0 radical (unpaired) electrons. The molecule has 0 aliphatic carbocycles. The van der Waals surface area contributed by atoms with Crippen molar-refractivity contribution in [2.45, 2.75) is 6.42 Å². The SMILES string of the molecule is O=C(Cc1ccccc1Cl)N1CCN(c2ncnc3nc(-c4cccc(Cl)c4)[nH]c23)CC1. The van der Waals surface area contributed by atoms with Gasteiger partial charge in [0, 0.05) is 41.8 Å². The lowest BCUT2D eigenvalue weighted by Gasteiger charge is -2.35. The highest BCUT2D eigenvalue weighted by Crippen LogP contribution is 2.27. The second-order valence-electron chi connectivity index (χ2n) is 7.63. The van der Waals surface area contributed by atoms with Gasteiger partial charge in [0.25, 0.3) is 0 Å². The zero-order chi connectivity index (χ0) is 22.1. The Hall–Kier alpha value is -3.16. The van der Waals surface area contributed by atoms with Gasteiger partial charge in [-0.15, -0.1) is 0 Å². The Labute approximate surface area is 195 Å². The number of piperazine rings is 1. The molecule has 9 heteroatoms. The lowest BCUT2D eigenvalue weighted by molar-refractivity contribution is -0.130. The lowest BCUT2D eigenvalue weighted by Crippen LogP contribution is -2.49. The Morgan fingerprint density at radius 3 is 2.59 bits per heavy atom. The first-order valence-electron chi connectivity index (χ1n) is 10.3. The minimum Gasteiger partial charge on any atom is -0.351 e. The molecule has 1 amide bonds. The maximum atomic E-state index is 12.8. The molecule has 0 spiro atoms. The van der Waals surface area contributed by atoms with Crippen LogP contribution in [0, 0.1) is 0 Å². The standard InChI is InChI=1S/C23H20Cl2N6O/c24-17-6-3-5-16(12-17)21-28-20-22(29-21)26-14-27-23(20)31-10-8-30(9-11-31)19(32)13-15-4-1-2-7-18(15)25/h1-7,12,14H,8-11,13H2,(H,26,27,28,29). The third kappa shape index (κ3) is 4.13. The predicted molar refractivity (Wildman–Crippen MR) is 126 cm³/mol. The number of hydrogen-bond donors (Lipinski definition) is 1. The number of nitrogens with one attached hydrogen (secondary N) is 1. The summed E-state index contributed by atoms with van der Waals surface area (Å²) in [6.07, 6.45) is 1.83. The van der Waals surface area contributed by atoms with Crippen molar-refractivity contribution in [1.82, 2.24) is 24.8 Å². The average molecular weight is 467 g/mol. The Balaban J connectivity index is 1.32. The van der Waals surface area contributed by atoms with Crippen LogP contribution in [0.4, 0.5) is 5.82 Å². The molecule has 0 bridgehead atoms. The summed E-state index contributed by atoms with van der Waals surface area (Å²) in [5.74, 6) is 1.56. The van der Waals surface area contributed by atoms with E-state index in [1.54, 1.807) is 0 Å². The number of aromatic nitrogens is 4. The topological polar surface area (TPSA) is 78.0 Å². The van der Waals surface area contributed by atoms with Gasteiger partial charge in [-0.3, -0.25) is 4.79 Å². The summed E-state index contributed by atoms with van der Waals surface area (Å²) in [5, 5.41) is 1.27. The van der Waals surface area contributed by atoms with Crippen molar-refractivity contribution in [3.63, 3.8) is 0 Å². The van der Waals surface area contributed by atoms with Crippen LogP contribution >= 0.6 is 23.2 Å². The molecule has 1 fully saturated rings. The van der Waals surface area contributed by atoms with Gasteiger partial charge in [-0.05, 0) is 23.8 Å². The van der Waals surface area contributed by atoms with Gasteiger partial charge in [0.05, 0.1) is 6.42 Å². The predicted octanol–water partition coefficient (Wildman–Crippen LogP) is 4.22. The molecule has 0 unspecified atom stereocenters. The second kappa shape index (κ2) is 8.76. The lowest BCUT2D eigenvalue weighted by atomic mass is 10.1. The molecule has 0 saturated carbocycles. The average Bonchev–Trinajstić information content (AvgIpc) is 3.25. The maximum Gasteiger partial charge on any atom is 0.227 e. The number of H-pyrrole nitrogens is 1. The highest BCUT2D eigenvalue weighted by atomic mass is 35.5. The van der Waals surface area contributed by atoms with Crippen LogP contribution in [0.2, 0.25) is 10.0 Å². The van der Waals surface area contributed by atoms with Crippen molar-refractivity contribution < 1.29 is 4.79 Å². The van der Waals surface area contributed by atoms with Gasteiger partial charge in [-0.25, -0.2) is 15.0 Å². The van der Waals surface area contributed by atoms with Gasteiger partial charge >= 0.3 is 0 Å². The molecule has 1 saturated heterocycles. The second-order valence-corrected chi connectivity index (χ2v) is 8.47. The van der Waals surface area contributed by atoms with Crippen LogP contribution in [0.15, 0.2) is 54.9 Å². The van der Waals surface area contributed by atoms with Crippen LogP contribution in [0.5, 0.6) is 0 Å². The summed E-state index contributed by atoms with van der Waals surface area (Å²) >= 11 is 12.3. The zero-order valence-corrected chi connectivity index (χ0v) is 18.6. The van der Waals surface area contributed by atoms with Crippen LogP contribution < -0.4 is 4.90 Å². The third-order valence-corrected chi connectivity index (χ3v) is 6.20. The number of benzene rings is 2. The van der Waals surface area contributed by atoms with Gasteiger partial charge < -0.3 is 14.8 Å². The number of carbonyl (C=O) groups is 1. The summed E-state index contributed by atoms with van der Waals surface area (Å²) in [7, 11) is 0. The fraction of sp³-hybridized carbons (Fsp3) is 0.217. The molecule has 162 valence electrons. The van der Waals surface area contributed by atoms with Crippen LogP contribution in [0.3, 0.4) is 0 Å². The molecule has 5 rings (SSSR count). The minimum atomic E-state index is 0.0790. The van der Waals surface area contributed by atoms with Gasteiger partial charge in [0.15, 0.2) is 11.5 Å². The van der Waals surface area contributed by atoms with Crippen LogP contribution in [-0.2, 0) is 11.2 Å². The van der Waals surface area contributed by atoms with Crippen molar-refractivity contribution in [2.24, 2.45) is 0 Å². The Morgan fingerprint density at radius 2 is 1.81 bits per heavy atom. The summed E-state index contributed by atoms with van der Waals surface area (Å²) in [6, 6.07) is 15.0. The highest BCUT2D eigenvalue weighted by Gasteiger charge is 2.24. The molecular weight excluding hydrogens is 447 g/mol. The Morgan fingerprint density at radius 1 is 1.00 bits per heavy atom. The molecule has 0 atom stereocenters. The molecule has 2 aromatic heterocycles. The quantitative estimate of drug-likeness (QED) is 0.487. The number of amides is 1. The molecular formula is C23H20Cl2N6O. The first-order valence-corrected chi connectivity index (χ1v) is 11.1. The molecule has 1 aliphatic heterocycles. The number of hydrogen-bond acceptors (Lipinski definition) is 5. The van der Waals surface area contributed by atoms with Gasteiger partial charge in [0.1, 0.15) is 17.7 Å². The molecule has 1 N–H and O–H groups in total. The van der Waals surface area contributed by atoms with Crippen LogP contribution in [0.25, 0.3) is 22.6 Å². The van der Waals surface area contributed by atoms with Crippen molar-refractivity contribution in [1.29, 1.82) is 0 Å². The maximum absolute atomic E-state index is 12.8. The normalized spacial score (nSPS) is 14.2. The largest absolute Gasteiger partial charge is 0.351 e. The number of aromatic amines is 1. The third-order valence-electron chi connectivity index (χ3n) is 5.60. The van der Waals surface area contributed by atoms with E-state index in [0.717, 1.165) is 22.5 Å². The number of nitrogens with zero attached hydrogens (tertiary/aromatic N) is 5. The van der Waals surface area contributed by atoms with Crippen LogP contribution in [0.1, 0.15) is 5.56 Å². The first-order chi connectivity index (χ1) is 15.6. The van der Waals surface area contributed by atoms with Crippen molar-refractivity contribution >= 4 is 46.1 Å². The highest BCUT2D eigenvalue weighted by molar-refractivity contribution is 6.31. The summed E-state index contributed by atoms with van der Waals surface area (Å²) < 4.78 is 0. The van der Waals surface area contributed by atoms with E-state index in [1.807, 2.05) is 53.4 Å². The van der Waals surface area contributed by atoms with Crippen LogP contribution in [-0.4, -0.2) is 56.9 Å². The Kier molecular flexibility index (Phi) is 5.68. The van der Waals surface area contributed by atoms with Crippen molar-refractivity contribution in [3.8, 4) is 11.4 Å². The number of halogens is 2. The van der Waals surface area contributed by atoms with E-state index >= 15 is 0 Å². The van der Waals surface area contributed by atoms with Gasteiger partial charge in [-0.1, -0.05) is 53.5 Å². The zero-order valence-electron chi connectivity index (χ0n) is 17.1. The van der Waals surface area contributed by atoms with E-state index in [-0.39, 0.29) is 5.91 Å². The number of imidazole rings is 1. The number of carbonyl (C=O) groups excluding carboxylic acids is 1. The molecule has 4 aromatic rings. The van der Waals surface area contributed by atoms with E-state index in [0.29, 0.717) is 54.1 Å². The summed E-state index contributed by atoms with van der Waals surface area (Å²) in [5.41, 5.74) is 3.11. The summed E-state index contributed by atoms with van der Waals surface area (Å²) in [4.78, 5) is 33.6. The Bertz CT molecular complexity index is 1280. The number of anilines is 1. The molecule has 2 aromatic carbocycles. The number of rotatable bonds is 4.